The van der Waals surface area contributed by atoms with Crippen molar-refractivity contribution in [3.63, 3.8) is 0 Å². The van der Waals surface area contributed by atoms with Crippen LogP contribution < -0.4 is 4.74 Å². The molecule has 66 valence electrons. The second-order valence-electron chi connectivity index (χ2n) is 2.35. The summed E-state index contributed by atoms with van der Waals surface area (Å²) >= 11 is 0. The minimum atomic E-state index is 0.789. The number of methoxy groups -OCH3 is 1. The molecular formula is C7H7N5O. The zero-order valence-electron chi connectivity index (χ0n) is 6.95. The molecule has 0 unspecified atom stereocenters. The molecule has 0 aliphatic heterocycles. The fourth-order valence-electron chi connectivity index (χ4n) is 0.948. The Labute approximate surface area is 74.1 Å². The van der Waals surface area contributed by atoms with E-state index >= 15 is 0 Å². The third-order valence-electron chi connectivity index (χ3n) is 1.59. The molecule has 0 N–H and O–H groups in total. The Morgan fingerprint density at radius 1 is 1.08 bits per heavy atom. The maximum Gasteiger partial charge on any atom is 0.119 e. The highest BCUT2D eigenvalue weighted by atomic mass is 16.5. The van der Waals surface area contributed by atoms with E-state index in [1.165, 1.54) is 4.80 Å². The van der Waals surface area contributed by atoms with Crippen LogP contribution in [0.3, 0.4) is 0 Å². The molecule has 6 heteroatoms. The zero-order valence-corrected chi connectivity index (χ0v) is 6.95. The molecule has 0 aliphatic rings. The molecule has 0 aliphatic carbocycles. The van der Waals surface area contributed by atoms with Crippen LogP contribution in [0.1, 0.15) is 0 Å². The predicted octanol–water partition coefficient (Wildman–Crippen LogP) is 0.0659. The van der Waals surface area contributed by atoms with E-state index in [0.717, 1.165) is 11.4 Å². The summed E-state index contributed by atoms with van der Waals surface area (Å²) in [6.45, 7) is 0. The van der Waals surface area contributed by atoms with E-state index in [4.69, 9.17) is 4.74 Å². The first kappa shape index (κ1) is 7.66. The number of hydrogen-bond acceptors (Lipinski definition) is 5. The van der Waals surface area contributed by atoms with Gasteiger partial charge in [0.15, 0.2) is 0 Å². The molecule has 2 aromatic rings. The van der Waals surface area contributed by atoms with Gasteiger partial charge in [0.25, 0.3) is 0 Å². The number of rotatable bonds is 2. The molecule has 1 heterocycles. The van der Waals surface area contributed by atoms with Crippen LogP contribution in [0, 0.1) is 0 Å². The highest BCUT2D eigenvalue weighted by Crippen LogP contribution is 2.12. The van der Waals surface area contributed by atoms with Gasteiger partial charge in [-0.3, -0.25) is 0 Å². The Morgan fingerprint density at radius 3 is 2.23 bits per heavy atom. The van der Waals surface area contributed by atoms with Gasteiger partial charge in [0.1, 0.15) is 5.75 Å². The van der Waals surface area contributed by atoms with E-state index in [0.29, 0.717) is 0 Å². The van der Waals surface area contributed by atoms with Gasteiger partial charge >= 0.3 is 0 Å². The first-order chi connectivity index (χ1) is 6.40. The minimum Gasteiger partial charge on any atom is -0.497 e. The summed E-state index contributed by atoms with van der Waals surface area (Å²) in [5, 5.41) is 14.0. The van der Waals surface area contributed by atoms with Crippen LogP contribution in [0.5, 0.6) is 5.75 Å². The Hall–Kier alpha value is -1.98. The summed E-state index contributed by atoms with van der Waals surface area (Å²) in [6, 6.07) is 7.28. The van der Waals surface area contributed by atoms with Gasteiger partial charge in [-0.1, -0.05) is 0 Å². The molecule has 0 spiro atoms. The minimum absolute atomic E-state index is 0.789. The molecule has 0 bridgehead atoms. The average Bonchev–Trinajstić information content (AvgIpc) is 2.71. The van der Waals surface area contributed by atoms with Crippen molar-refractivity contribution in [2.45, 2.75) is 0 Å². The summed E-state index contributed by atoms with van der Waals surface area (Å²) < 4.78 is 5.01. The van der Waals surface area contributed by atoms with E-state index in [1.807, 2.05) is 24.3 Å². The smallest absolute Gasteiger partial charge is 0.119 e. The molecule has 6 nitrogen and oxygen atoms in total. The third-order valence-corrected chi connectivity index (χ3v) is 1.59. The van der Waals surface area contributed by atoms with Crippen molar-refractivity contribution in [2.75, 3.05) is 7.11 Å². The molecule has 0 saturated carbocycles. The van der Waals surface area contributed by atoms with E-state index < -0.39 is 0 Å². The van der Waals surface area contributed by atoms with Crippen molar-refractivity contribution in [2.24, 2.45) is 0 Å². The SMILES string of the molecule is COc1ccc(-[15n]2[15n]nn[15n]2)cc1. The van der Waals surface area contributed by atoms with Crippen LogP contribution in [0.15, 0.2) is 24.3 Å². The second-order valence-corrected chi connectivity index (χ2v) is 2.35. The summed E-state index contributed by atoms with van der Waals surface area (Å²) in [5.74, 6) is 0.789. The lowest BCUT2D eigenvalue weighted by Crippen LogP contribution is -1.98. The Kier molecular flexibility index (Phi) is 1.87. The number of ether oxygens (including phenoxy) is 1. The van der Waals surface area contributed by atoms with E-state index in [9.17, 15) is 0 Å². The van der Waals surface area contributed by atoms with Crippen LogP contribution in [0.2, 0.25) is 0 Å². The molecule has 1 aromatic carbocycles. The summed E-state index contributed by atoms with van der Waals surface area (Å²) in [5.41, 5.74) is 0.797. The topological polar surface area (TPSA) is 65.7 Å². The maximum absolute atomic E-state index is 5.01. The van der Waals surface area contributed by atoms with Crippen molar-refractivity contribution < 1.29 is 4.74 Å². The Morgan fingerprint density at radius 2 is 1.69 bits per heavy atom. The van der Waals surface area contributed by atoms with Crippen LogP contribution >= 0.6 is 0 Å². The van der Waals surface area contributed by atoms with Gasteiger partial charge in [-0.2, -0.15) is 0 Å². The Bertz CT molecular complexity index is 368. The average molecular weight is 180 g/mol. The molecule has 0 atom stereocenters. The fourth-order valence-corrected chi connectivity index (χ4v) is 0.948. The first-order valence-corrected chi connectivity index (χ1v) is 3.66. The van der Waals surface area contributed by atoms with Gasteiger partial charge in [-0.25, -0.2) is 0 Å². The molecule has 0 fully saturated rings. The number of nitrogens with zero attached hydrogens (tertiary/aromatic N) is 5. The molecule has 0 amide bonds. The van der Waals surface area contributed by atoms with Crippen molar-refractivity contribution in [1.82, 2.24) is 25.7 Å². The first-order valence-electron chi connectivity index (χ1n) is 3.66. The number of aromatic nitrogens is 5. The standard InChI is InChI=1S/C7H7N5O/c1-13-7-4-2-6(3-5-7)12-10-8-9-11-12/h2-5H,1H3/i10+1,11+1,12+1. The highest BCUT2D eigenvalue weighted by molar-refractivity contribution is 5.35. The Balaban J connectivity index is 2.33. The van der Waals surface area contributed by atoms with Gasteiger partial charge in [-0.05, 0) is 45.1 Å². The summed E-state index contributed by atoms with van der Waals surface area (Å²) in [7, 11) is 1.62. The maximum atomic E-state index is 5.01. The summed E-state index contributed by atoms with van der Waals surface area (Å²) in [6.07, 6.45) is 0. The van der Waals surface area contributed by atoms with Crippen LogP contribution in [-0.4, -0.2) is 32.8 Å². The van der Waals surface area contributed by atoms with Gasteiger partial charge in [-0.15, -0.1) is 4.80 Å². The van der Waals surface area contributed by atoms with Gasteiger partial charge in [0.05, 0.1) is 12.8 Å². The van der Waals surface area contributed by atoms with Crippen molar-refractivity contribution in [3.05, 3.63) is 24.3 Å². The lowest BCUT2D eigenvalue weighted by molar-refractivity contribution is 0.414. The molecule has 0 saturated heterocycles. The number of benzene rings is 1. The monoisotopic (exact) mass is 180 g/mol. The lowest BCUT2D eigenvalue weighted by atomic mass is 10.3. The van der Waals surface area contributed by atoms with Gasteiger partial charge in [0, 0.05) is 0 Å². The molecule has 0 radical (unpaired) electrons. The van der Waals surface area contributed by atoms with Crippen LogP contribution in [0.4, 0.5) is 0 Å². The van der Waals surface area contributed by atoms with E-state index in [1.54, 1.807) is 7.11 Å². The molecule has 1 aromatic heterocycles. The third kappa shape index (κ3) is 1.46. The van der Waals surface area contributed by atoms with E-state index in [-0.39, 0.29) is 0 Å². The largest absolute Gasteiger partial charge is 0.497 e. The van der Waals surface area contributed by atoms with Crippen molar-refractivity contribution in [3.8, 4) is 11.4 Å². The van der Waals surface area contributed by atoms with Crippen molar-refractivity contribution in [1.29, 1.82) is 0 Å². The van der Waals surface area contributed by atoms with Gasteiger partial charge in [0.2, 0.25) is 0 Å². The summed E-state index contributed by atoms with van der Waals surface area (Å²) in [4.78, 5) is 1.33. The van der Waals surface area contributed by atoms with E-state index in [2.05, 4.69) is 20.9 Å². The second kappa shape index (κ2) is 3.18. The normalized spacial score (nSPS) is 9.92. The highest BCUT2D eigenvalue weighted by Gasteiger charge is 1.98. The predicted molar refractivity (Wildman–Crippen MR) is 43.5 cm³/mol. The molecule has 2 rings (SSSR count). The van der Waals surface area contributed by atoms with Crippen LogP contribution in [0.25, 0.3) is 5.69 Å². The van der Waals surface area contributed by atoms with Crippen LogP contribution in [-0.2, 0) is 0 Å². The van der Waals surface area contributed by atoms with Gasteiger partial charge < -0.3 is 4.74 Å². The van der Waals surface area contributed by atoms with Crippen molar-refractivity contribution >= 4 is 0 Å². The number of hydrogen-bond donors (Lipinski definition) is 0. The fraction of sp³-hybridized carbons (Fsp3) is 0.143. The lowest BCUT2D eigenvalue weighted by Gasteiger charge is -1.99. The zero-order chi connectivity index (χ0) is 9.10. The quantitative estimate of drug-likeness (QED) is 0.654. The molecule has 13 heavy (non-hydrogen) atoms. The molecular weight excluding hydrogens is 173 g/mol.